The minimum Gasteiger partial charge on any atom is -0.410 e. The maximum absolute atomic E-state index is 13.4. The first-order chi connectivity index (χ1) is 12.1. The van der Waals surface area contributed by atoms with E-state index < -0.39 is 34.9 Å². The summed E-state index contributed by atoms with van der Waals surface area (Å²) in [6, 6.07) is 2.63. The van der Waals surface area contributed by atoms with E-state index in [1.807, 2.05) is 0 Å². The van der Waals surface area contributed by atoms with Crippen molar-refractivity contribution in [3.63, 3.8) is 0 Å². The SMILES string of the molecule is CSc1c(C)cc(OC(=O)N(C)C(=O)C(F)(F)C(F)(F)C(F)(F)F)cc1C. The number of hydrogen-bond acceptors (Lipinski definition) is 4. The lowest BCUT2D eigenvalue weighted by Crippen LogP contribution is -2.60. The number of thioether (sulfide) groups is 1. The van der Waals surface area contributed by atoms with Crippen LogP contribution in [0.25, 0.3) is 0 Å². The first-order valence-corrected chi connectivity index (χ1v) is 8.28. The van der Waals surface area contributed by atoms with Gasteiger partial charge in [-0.05, 0) is 43.4 Å². The van der Waals surface area contributed by atoms with Gasteiger partial charge in [0.1, 0.15) is 5.75 Å². The quantitative estimate of drug-likeness (QED) is 0.517. The highest BCUT2D eigenvalue weighted by Gasteiger charge is 2.77. The third-order valence-corrected chi connectivity index (χ3v) is 4.49. The molecule has 0 saturated carbocycles. The number of halogens is 7. The standard InChI is InChI=1S/C15H14F7NO3S/c1-7-5-9(6-8(2)10(7)27-4)26-12(25)23(3)11(24)13(16,17)14(18,19)15(20,21)22/h5-6H,1-4H3. The van der Waals surface area contributed by atoms with Crippen LogP contribution in [0, 0.1) is 13.8 Å². The van der Waals surface area contributed by atoms with Gasteiger partial charge in [-0.25, -0.2) is 9.69 Å². The number of benzene rings is 1. The normalized spacial score (nSPS) is 12.7. The fraction of sp³-hybridized carbons (Fsp3) is 0.467. The zero-order chi connectivity index (χ0) is 21.4. The molecule has 0 unspecified atom stereocenters. The van der Waals surface area contributed by atoms with Crippen LogP contribution in [-0.4, -0.2) is 48.2 Å². The van der Waals surface area contributed by atoms with Crippen LogP contribution in [0.5, 0.6) is 5.75 Å². The Bertz CT molecular complexity index is 726. The molecule has 0 fully saturated rings. The Kier molecular flexibility index (Phi) is 6.46. The second-order valence-corrected chi connectivity index (χ2v) is 6.29. The number of carbonyl (C=O) groups is 2. The molecule has 0 spiro atoms. The Hall–Kier alpha value is -1.98. The van der Waals surface area contributed by atoms with Crippen LogP contribution < -0.4 is 4.74 Å². The Morgan fingerprint density at radius 2 is 1.44 bits per heavy atom. The lowest BCUT2D eigenvalue weighted by atomic mass is 10.1. The van der Waals surface area contributed by atoms with Crippen molar-refractivity contribution >= 4 is 23.8 Å². The van der Waals surface area contributed by atoms with Crippen LogP contribution in [0.2, 0.25) is 0 Å². The molecular formula is C15H14F7NO3S. The number of aryl methyl sites for hydroxylation is 2. The number of nitrogens with zero attached hydrogens (tertiary/aromatic N) is 1. The van der Waals surface area contributed by atoms with Gasteiger partial charge in [-0.2, -0.15) is 30.7 Å². The van der Waals surface area contributed by atoms with Gasteiger partial charge in [0.25, 0.3) is 0 Å². The Morgan fingerprint density at radius 1 is 1.00 bits per heavy atom. The van der Waals surface area contributed by atoms with E-state index in [0.717, 1.165) is 4.90 Å². The van der Waals surface area contributed by atoms with E-state index in [1.165, 1.54) is 23.9 Å². The maximum atomic E-state index is 13.4. The molecule has 1 rings (SSSR count). The van der Waals surface area contributed by atoms with Gasteiger partial charge in [-0.15, -0.1) is 11.8 Å². The van der Waals surface area contributed by atoms with E-state index in [9.17, 15) is 40.3 Å². The van der Waals surface area contributed by atoms with Crippen molar-refractivity contribution in [1.29, 1.82) is 0 Å². The molecule has 0 saturated heterocycles. The Labute approximate surface area is 153 Å². The molecule has 0 aromatic heterocycles. The predicted octanol–water partition coefficient (Wildman–Crippen LogP) is 4.82. The molecule has 27 heavy (non-hydrogen) atoms. The molecule has 152 valence electrons. The Morgan fingerprint density at radius 3 is 1.81 bits per heavy atom. The third-order valence-electron chi connectivity index (χ3n) is 3.44. The van der Waals surface area contributed by atoms with Crippen molar-refractivity contribution in [2.45, 2.75) is 36.8 Å². The number of imide groups is 1. The summed E-state index contributed by atoms with van der Waals surface area (Å²) in [5.74, 6) is -16.1. The average Bonchev–Trinajstić information content (AvgIpc) is 2.51. The summed E-state index contributed by atoms with van der Waals surface area (Å²) in [4.78, 5) is 23.4. The molecule has 0 N–H and O–H groups in total. The fourth-order valence-electron chi connectivity index (χ4n) is 2.07. The summed E-state index contributed by atoms with van der Waals surface area (Å²) in [6.45, 7) is 3.28. The highest BCUT2D eigenvalue weighted by molar-refractivity contribution is 7.98. The van der Waals surface area contributed by atoms with Gasteiger partial charge >= 0.3 is 30.0 Å². The van der Waals surface area contributed by atoms with E-state index in [0.29, 0.717) is 18.2 Å². The minimum atomic E-state index is -6.70. The van der Waals surface area contributed by atoms with Gasteiger partial charge in [0.2, 0.25) is 0 Å². The third kappa shape index (κ3) is 4.30. The second kappa shape index (κ2) is 7.56. The number of ether oxygens (including phenoxy) is 1. The number of carbonyl (C=O) groups excluding carboxylic acids is 2. The Balaban J connectivity index is 3.07. The minimum absolute atomic E-state index is 0.196. The van der Waals surface area contributed by atoms with Crippen LogP contribution >= 0.6 is 11.8 Å². The summed E-state index contributed by atoms with van der Waals surface area (Å²) < 4.78 is 93.7. The number of hydrogen-bond donors (Lipinski definition) is 0. The average molecular weight is 421 g/mol. The molecule has 0 aliphatic rings. The summed E-state index contributed by atoms with van der Waals surface area (Å²) in [5.41, 5.74) is 1.27. The molecule has 1 aromatic rings. The number of rotatable bonds is 4. The zero-order valence-electron chi connectivity index (χ0n) is 14.4. The highest BCUT2D eigenvalue weighted by atomic mass is 32.2. The van der Waals surface area contributed by atoms with Gasteiger partial charge in [0, 0.05) is 11.9 Å². The van der Waals surface area contributed by atoms with E-state index in [-0.39, 0.29) is 5.75 Å². The summed E-state index contributed by atoms with van der Waals surface area (Å²) in [5, 5.41) is 0. The first kappa shape index (κ1) is 23.1. The van der Waals surface area contributed by atoms with Gasteiger partial charge in [-0.1, -0.05) is 0 Å². The van der Waals surface area contributed by atoms with Gasteiger partial charge in [0.15, 0.2) is 0 Å². The molecule has 2 amide bonds. The van der Waals surface area contributed by atoms with Crippen LogP contribution in [-0.2, 0) is 4.79 Å². The van der Waals surface area contributed by atoms with Crippen LogP contribution in [0.15, 0.2) is 17.0 Å². The van der Waals surface area contributed by atoms with E-state index in [1.54, 1.807) is 20.1 Å². The van der Waals surface area contributed by atoms with Gasteiger partial charge in [0.05, 0.1) is 0 Å². The first-order valence-electron chi connectivity index (χ1n) is 7.05. The summed E-state index contributed by atoms with van der Waals surface area (Å²) in [6.07, 6.45) is -6.76. The van der Waals surface area contributed by atoms with Crippen molar-refractivity contribution in [2.24, 2.45) is 0 Å². The smallest absolute Gasteiger partial charge is 0.410 e. The molecule has 0 aliphatic heterocycles. The lowest BCUT2D eigenvalue weighted by Gasteiger charge is -2.29. The molecule has 0 radical (unpaired) electrons. The predicted molar refractivity (Wildman–Crippen MR) is 82.4 cm³/mol. The van der Waals surface area contributed by atoms with Crippen molar-refractivity contribution in [3.05, 3.63) is 23.3 Å². The highest BCUT2D eigenvalue weighted by Crippen LogP contribution is 2.47. The van der Waals surface area contributed by atoms with Gasteiger partial charge < -0.3 is 4.74 Å². The zero-order valence-corrected chi connectivity index (χ0v) is 15.2. The van der Waals surface area contributed by atoms with Crippen molar-refractivity contribution < 1.29 is 45.1 Å². The van der Waals surface area contributed by atoms with Gasteiger partial charge in [-0.3, -0.25) is 4.79 Å². The van der Waals surface area contributed by atoms with Crippen molar-refractivity contribution in [3.8, 4) is 5.75 Å². The van der Waals surface area contributed by atoms with E-state index in [2.05, 4.69) is 4.74 Å². The summed E-state index contributed by atoms with van der Waals surface area (Å²) in [7, 11) is 0.307. The summed E-state index contributed by atoms with van der Waals surface area (Å²) >= 11 is 1.38. The maximum Gasteiger partial charge on any atom is 0.460 e. The molecule has 0 bridgehead atoms. The molecular weight excluding hydrogens is 407 g/mol. The molecule has 0 atom stereocenters. The van der Waals surface area contributed by atoms with E-state index in [4.69, 9.17) is 0 Å². The van der Waals surface area contributed by atoms with Crippen molar-refractivity contribution in [1.82, 2.24) is 4.90 Å². The molecule has 1 aromatic carbocycles. The number of amides is 2. The molecule has 0 heterocycles. The monoisotopic (exact) mass is 421 g/mol. The van der Waals surface area contributed by atoms with Crippen molar-refractivity contribution in [2.75, 3.05) is 13.3 Å². The molecule has 12 heteroatoms. The molecule has 4 nitrogen and oxygen atoms in total. The second-order valence-electron chi connectivity index (χ2n) is 5.47. The van der Waals surface area contributed by atoms with Crippen LogP contribution in [0.1, 0.15) is 11.1 Å². The molecule has 0 aliphatic carbocycles. The largest absolute Gasteiger partial charge is 0.460 e. The van der Waals surface area contributed by atoms with Crippen LogP contribution in [0.4, 0.5) is 35.5 Å². The van der Waals surface area contributed by atoms with E-state index >= 15 is 0 Å². The lowest BCUT2D eigenvalue weighted by molar-refractivity contribution is -0.345. The number of alkyl halides is 7. The topological polar surface area (TPSA) is 46.6 Å². The van der Waals surface area contributed by atoms with Crippen LogP contribution in [0.3, 0.4) is 0 Å². The fourth-order valence-corrected chi connectivity index (χ4v) is 2.83.